The Morgan fingerprint density at radius 3 is 2.84 bits per heavy atom. The first-order chi connectivity index (χ1) is 12.2. The van der Waals surface area contributed by atoms with Crippen LogP contribution in [0.15, 0.2) is 41.4 Å². The highest BCUT2D eigenvalue weighted by molar-refractivity contribution is 7.16. The molecule has 0 N–H and O–H groups in total. The van der Waals surface area contributed by atoms with Gasteiger partial charge in [-0.2, -0.15) is 4.99 Å². The second-order valence-corrected chi connectivity index (χ2v) is 6.66. The number of ether oxygens (including phenoxy) is 2. The topological polar surface area (TPSA) is 52.8 Å². The van der Waals surface area contributed by atoms with Crippen molar-refractivity contribution in [2.75, 3.05) is 6.79 Å². The van der Waals surface area contributed by atoms with Crippen LogP contribution in [0.5, 0.6) is 11.5 Å². The number of fused-ring (bicyclic) bond motifs is 2. The quantitative estimate of drug-likeness (QED) is 0.649. The summed E-state index contributed by atoms with van der Waals surface area (Å²) in [5.74, 6) is 3.51. The molecule has 0 aliphatic carbocycles. The van der Waals surface area contributed by atoms with Gasteiger partial charge in [-0.3, -0.25) is 4.79 Å². The van der Waals surface area contributed by atoms with E-state index < -0.39 is 5.91 Å². The van der Waals surface area contributed by atoms with E-state index in [1.165, 1.54) is 11.3 Å². The monoisotopic (exact) mass is 370 g/mol. The van der Waals surface area contributed by atoms with E-state index in [-0.39, 0.29) is 13.3 Å². The van der Waals surface area contributed by atoms with Crippen molar-refractivity contribution in [3.63, 3.8) is 0 Å². The molecule has 1 amide bonds. The van der Waals surface area contributed by atoms with E-state index in [1.54, 1.807) is 28.8 Å². The molecule has 0 atom stereocenters. The average Bonchev–Trinajstić information content (AvgIpc) is 3.18. The third-order valence-electron chi connectivity index (χ3n) is 3.73. The van der Waals surface area contributed by atoms with E-state index in [9.17, 15) is 4.79 Å². The zero-order valence-electron chi connectivity index (χ0n) is 12.9. The Morgan fingerprint density at radius 2 is 2.08 bits per heavy atom. The summed E-state index contributed by atoms with van der Waals surface area (Å²) in [7, 11) is 0. The van der Waals surface area contributed by atoms with Crippen LogP contribution in [0.25, 0.3) is 10.2 Å². The number of rotatable bonds is 2. The maximum absolute atomic E-state index is 12.5. The molecule has 1 aliphatic rings. The zero-order valence-corrected chi connectivity index (χ0v) is 14.4. The van der Waals surface area contributed by atoms with Gasteiger partial charge in [-0.1, -0.05) is 41.0 Å². The minimum absolute atomic E-state index is 0.198. The van der Waals surface area contributed by atoms with E-state index in [0.717, 1.165) is 10.2 Å². The van der Waals surface area contributed by atoms with Crippen molar-refractivity contribution in [1.29, 1.82) is 0 Å². The van der Waals surface area contributed by atoms with Crippen LogP contribution in [0, 0.1) is 12.3 Å². The third kappa shape index (κ3) is 2.78. The normalized spacial score (nSPS) is 13.2. The number of terminal acetylenes is 1. The van der Waals surface area contributed by atoms with E-state index in [4.69, 9.17) is 27.5 Å². The number of hydrogen-bond acceptors (Lipinski definition) is 4. The summed E-state index contributed by atoms with van der Waals surface area (Å²) in [6.07, 6.45) is 5.49. The number of thiazole rings is 1. The number of carbonyl (C=O) groups excluding carboxylic acids is 1. The maximum Gasteiger partial charge on any atom is 0.281 e. The first-order valence-corrected chi connectivity index (χ1v) is 8.57. The number of amides is 1. The highest BCUT2D eigenvalue weighted by atomic mass is 35.5. The summed E-state index contributed by atoms with van der Waals surface area (Å²) in [4.78, 5) is 17.2. The highest BCUT2D eigenvalue weighted by Crippen LogP contribution is 2.36. The van der Waals surface area contributed by atoms with Gasteiger partial charge in [0, 0.05) is 12.1 Å². The minimum atomic E-state index is -0.414. The van der Waals surface area contributed by atoms with Crippen LogP contribution < -0.4 is 14.3 Å². The molecule has 0 saturated carbocycles. The van der Waals surface area contributed by atoms with Crippen molar-refractivity contribution in [2.24, 2.45) is 4.99 Å². The Hall–Kier alpha value is -2.75. The number of aromatic nitrogens is 1. The van der Waals surface area contributed by atoms with Crippen molar-refractivity contribution < 1.29 is 14.3 Å². The SMILES string of the molecule is C#CCn1c(=NC(=O)c2ccccc2Cl)sc2cc3c(cc21)OCO3. The molecule has 0 radical (unpaired) electrons. The fourth-order valence-corrected chi connectivity index (χ4v) is 3.83. The highest BCUT2D eigenvalue weighted by Gasteiger charge is 2.18. The Labute approximate surface area is 152 Å². The smallest absolute Gasteiger partial charge is 0.281 e. The summed E-state index contributed by atoms with van der Waals surface area (Å²) < 4.78 is 13.5. The van der Waals surface area contributed by atoms with Crippen LogP contribution in [-0.2, 0) is 6.54 Å². The molecule has 2 aromatic carbocycles. The lowest BCUT2D eigenvalue weighted by Gasteiger charge is -2.01. The summed E-state index contributed by atoms with van der Waals surface area (Å²) >= 11 is 7.44. The van der Waals surface area contributed by atoms with Crippen molar-refractivity contribution in [3.8, 4) is 23.8 Å². The number of nitrogens with zero attached hydrogens (tertiary/aromatic N) is 2. The first kappa shape index (κ1) is 15.8. The second-order valence-electron chi connectivity index (χ2n) is 5.24. The summed E-state index contributed by atoms with van der Waals surface area (Å²) in [6.45, 7) is 0.484. The molecular weight excluding hydrogens is 360 g/mol. The fraction of sp³-hybridized carbons (Fsp3) is 0.111. The van der Waals surface area contributed by atoms with E-state index in [0.29, 0.717) is 26.9 Å². The molecule has 25 heavy (non-hydrogen) atoms. The second kappa shape index (κ2) is 6.28. The number of carbonyl (C=O) groups is 1. The lowest BCUT2D eigenvalue weighted by Crippen LogP contribution is -2.16. The Balaban J connectivity index is 1.89. The van der Waals surface area contributed by atoms with Gasteiger partial charge in [0.05, 0.1) is 27.3 Å². The lowest BCUT2D eigenvalue weighted by molar-refractivity contribution is 0.0998. The van der Waals surface area contributed by atoms with Gasteiger partial charge in [0.2, 0.25) is 6.79 Å². The largest absolute Gasteiger partial charge is 0.454 e. The summed E-state index contributed by atoms with van der Waals surface area (Å²) in [5, 5.41) is 0.363. The van der Waals surface area contributed by atoms with Crippen LogP contribution >= 0.6 is 22.9 Å². The Bertz CT molecular complexity index is 1110. The lowest BCUT2D eigenvalue weighted by atomic mass is 10.2. The first-order valence-electron chi connectivity index (χ1n) is 7.37. The van der Waals surface area contributed by atoms with Crippen LogP contribution in [0.1, 0.15) is 10.4 Å². The molecule has 124 valence electrons. The van der Waals surface area contributed by atoms with Crippen LogP contribution in [0.3, 0.4) is 0 Å². The molecule has 0 unspecified atom stereocenters. The molecule has 0 fully saturated rings. The van der Waals surface area contributed by atoms with Crippen LogP contribution in [0.2, 0.25) is 5.02 Å². The van der Waals surface area contributed by atoms with Gasteiger partial charge in [-0.25, -0.2) is 0 Å². The molecule has 4 rings (SSSR count). The summed E-state index contributed by atoms with van der Waals surface area (Å²) in [5.41, 5.74) is 1.20. The van der Waals surface area contributed by atoms with Gasteiger partial charge < -0.3 is 14.0 Å². The molecular formula is C18H11ClN2O3S. The zero-order chi connectivity index (χ0) is 17.4. The van der Waals surface area contributed by atoms with Crippen molar-refractivity contribution in [1.82, 2.24) is 4.57 Å². The minimum Gasteiger partial charge on any atom is -0.454 e. The van der Waals surface area contributed by atoms with E-state index in [1.807, 2.05) is 12.1 Å². The molecule has 0 bridgehead atoms. The molecule has 5 nitrogen and oxygen atoms in total. The molecule has 3 aromatic rings. The third-order valence-corrected chi connectivity index (χ3v) is 5.10. The summed E-state index contributed by atoms with van der Waals surface area (Å²) in [6, 6.07) is 10.5. The maximum atomic E-state index is 12.5. The van der Waals surface area contributed by atoms with Gasteiger partial charge in [0.25, 0.3) is 5.91 Å². The van der Waals surface area contributed by atoms with Crippen LogP contribution in [0.4, 0.5) is 0 Å². The molecule has 0 saturated heterocycles. The predicted molar refractivity (Wildman–Crippen MR) is 96.1 cm³/mol. The van der Waals surface area contributed by atoms with E-state index >= 15 is 0 Å². The fourth-order valence-electron chi connectivity index (χ4n) is 2.57. The predicted octanol–water partition coefficient (Wildman–Crippen LogP) is 3.46. The Kier molecular flexibility index (Phi) is 3.96. The number of halogens is 1. The standard InChI is InChI=1S/C18H11ClN2O3S/c1-2-7-21-13-8-14-15(24-10-23-14)9-16(13)25-18(21)20-17(22)11-5-3-4-6-12(11)19/h1,3-6,8-9H,7,10H2. The van der Waals surface area contributed by atoms with Crippen molar-refractivity contribution >= 4 is 39.1 Å². The van der Waals surface area contributed by atoms with E-state index in [2.05, 4.69) is 10.9 Å². The van der Waals surface area contributed by atoms with Crippen LogP contribution in [-0.4, -0.2) is 17.3 Å². The van der Waals surface area contributed by atoms with Crippen molar-refractivity contribution in [2.45, 2.75) is 6.54 Å². The van der Waals surface area contributed by atoms with Crippen molar-refractivity contribution in [3.05, 3.63) is 51.8 Å². The van der Waals surface area contributed by atoms with Gasteiger partial charge >= 0.3 is 0 Å². The molecule has 2 heterocycles. The van der Waals surface area contributed by atoms with Gasteiger partial charge in [-0.05, 0) is 12.1 Å². The van der Waals surface area contributed by atoms with Gasteiger partial charge in [-0.15, -0.1) is 6.42 Å². The molecule has 7 heteroatoms. The van der Waals surface area contributed by atoms with Gasteiger partial charge in [0.15, 0.2) is 16.3 Å². The molecule has 1 aliphatic heterocycles. The average molecular weight is 371 g/mol. The Morgan fingerprint density at radius 1 is 1.32 bits per heavy atom. The number of benzene rings is 2. The molecule has 1 aromatic heterocycles. The number of hydrogen-bond donors (Lipinski definition) is 0. The van der Waals surface area contributed by atoms with Gasteiger partial charge in [0.1, 0.15) is 0 Å². The molecule has 0 spiro atoms.